The molecule has 0 aliphatic carbocycles. The highest BCUT2D eigenvalue weighted by atomic mass is 32.2. The maximum absolute atomic E-state index is 12.6. The van der Waals surface area contributed by atoms with Crippen LogP contribution in [0.5, 0.6) is 0 Å². The van der Waals surface area contributed by atoms with Gasteiger partial charge in [0.2, 0.25) is 11.8 Å². The van der Waals surface area contributed by atoms with Gasteiger partial charge in [-0.25, -0.2) is 4.79 Å². The Morgan fingerprint density at radius 1 is 1.32 bits per heavy atom. The molecular formula is C14H22N2O5S. The molecule has 1 rings (SSSR count). The van der Waals surface area contributed by atoms with Crippen molar-refractivity contribution in [3.05, 3.63) is 0 Å². The summed E-state index contributed by atoms with van der Waals surface area (Å²) in [6, 6.07) is -1.42. The quantitative estimate of drug-likeness (QED) is 0.705. The van der Waals surface area contributed by atoms with Gasteiger partial charge < -0.3 is 15.0 Å². The Balaban J connectivity index is 2.79. The van der Waals surface area contributed by atoms with Gasteiger partial charge in [0.05, 0.1) is 6.61 Å². The molecule has 1 fully saturated rings. The Hall–Kier alpha value is -1.57. The van der Waals surface area contributed by atoms with Crippen molar-refractivity contribution in [2.75, 3.05) is 18.9 Å². The first kappa shape index (κ1) is 18.5. The summed E-state index contributed by atoms with van der Waals surface area (Å²) in [4.78, 5) is 48.3. The Morgan fingerprint density at radius 2 is 2.00 bits per heavy atom. The van der Waals surface area contributed by atoms with Gasteiger partial charge in [0.25, 0.3) is 0 Å². The van der Waals surface area contributed by atoms with E-state index < -0.39 is 18.1 Å². The van der Waals surface area contributed by atoms with Crippen LogP contribution in [0.4, 0.5) is 0 Å². The summed E-state index contributed by atoms with van der Waals surface area (Å²) in [5.41, 5.74) is 0. The van der Waals surface area contributed by atoms with Crippen molar-refractivity contribution in [2.24, 2.45) is 0 Å². The standard InChI is InChI=1S/C14H22N2O5S/c1-4-21-14(20)12-6-5-7-16(12)13(19)11(15-9(2)17)8-22-10(3)18/h11-12H,4-8H2,1-3H3,(H,15,17)/t11-,12?/m0/s1. The minimum Gasteiger partial charge on any atom is -0.464 e. The van der Waals surface area contributed by atoms with Crippen LogP contribution in [0, 0.1) is 0 Å². The van der Waals surface area contributed by atoms with Gasteiger partial charge in [-0.1, -0.05) is 11.8 Å². The molecule has 0 aromatic heterocycles. The summed E-state index contributed by atoms with van der Waals surface area (Å²) in [6.07, 6.45) is 1.26. The molecule has 8 heteroatoms. The monoisotopic (exact) mass is 330 g/mol. The van der Waals surface area contributed by atoms with Crippen LogP contribution in [0.25, 0.3) is 0 Å². The molecule has 2 amide bonds. The summed E-state index contributed by atoms with van der Waals surface area (Å²) >= 11 is 0.971. The van der Waals surface area contributed by atoms with Crippen LogP contribution in [0.3, 0.4) is 0 Å². The van der Waals surface area contributed by atoms with E-state index in [1.54, 1.807) is 6.92 Å². The third-order valence-corrected chi connectivity index (χ3v) is 4.13. The van der Waals surface area contributed by atoms with E-state index in [1.165, 1.54) is 18.7 Å². The summed E-state index contributed by atoms with van der Waals surface area (Å²) < 4.78 is 4.99. The minimum atomic E-state index is -0.818. The highest BCUT2D eigenvalue weighted by molar-refractivity contribution is 8.13. The summed E-state index contributed by atoms with van der Waals surface area (Å²) in [7, 11) is 0. The molecule has 1 aliphatic rings. The molecule has 0 saturated carbocycles. The fourth-order valence-electron chi connectivity index (χ4n) is 2.33. The van der Waals surface area contributed by atoms with Crippen LogP contribution in [0.15, 0.2) is 0 Å². The average molecular weight is 330 g/mol. The lowest BCUT2D eigenvalue weighted by Gasteiger charge is -2.27. The van der Waals surface area contributed by atoms with E-state index in [1.807, 2.05) is 0 Å². The zero-order chi connectivity index (χ0) is 16.7. The highest BCUT2D eigenvalue weighted by Crippen LogP contribution is 2.20. The zero-order valence-electron chi connectivity index (χ0n) is 13.1. The third kappa shape index (κ3) is 5.32. The van der Waals surface area contributed by atoms with Gasteiger partial charge in [-0.05, 0) is 19.8 Å². The molecule has 0 radical (unpaired) electrons. The third-order valence-electron chi connectivity index (χ3n) is 3.22. The van der Waals surface area contributed by atoms with Crippen molar-refractivity contribution >= 4 is 34.7 Å². The number of nitrogens with zero attached hydrogens (tertiary/aromatic N) is 1. The van der Waals surface area contributed by atoms with Gasteiger partial charge in [-0.2, -0.15) is 0 Å². The maximum atomic E-state index is 12.6. The lowest BCUT2D eigenvalue weighted by atomic mass is 10.2. The van der Waals surface area contributed by atoms with E-state index in [-0.39, 0.29) is 29.3 Å². The van der Waals surface area contributed by atoms with Gasteiger partial charge in [-0.3, -0.25) is 14.4 Å². The van der Waals surface area contributed by atoms with E-state index in [4.69, 9.17) is 4.74 Å². The molecule has 7 nitrogen and oxygen atoms in total. The number of likely N-dealkylation sites (tertiary alicyclic amines) is 1. The number of thioether (sulfide) groups is 1. The van der Waals surface area contributed by atoms with E-state index in [0.29, 0.717) is 19.4 Å². The molecule has 0 aromatic rings. The molecule has 1 N–H and O–H groups in total. The Morgan fingerprint density at radius 3 is 2.55 bits per heavy atom. The number of rotatable bonds is 6. The number of ether oxygens (including phenoxy) is 1. The number of carbonyl (C=O) groups is 4. The molecule has 1 heterocycles. The fourth-order valence-corrected chi connectivity index (χ4v) is 2.96. The van der Waals surface area contributed by atoms with Crippen molar-refractivity contribution in [3.63, 3.8) is 0 Å². The molecule has 1 saturated heterocycles. The lowest BCUT2D eigenvalue weighted by Crippen LogP contribution is -2.52. The van der Waals surface area contributed by atoms with Crippen LogP contribution in [-0.2, 0) is 23.9 Å². The van der Waals surface area contributed by atoms with Crippen LogP contribution < -0.4 is 5.32 Å². The second-order valence-corrected chi connectivity index (χ2v) is 6.19. The smallest absolute Gasteiger partial charge is 0.328 e. The molecule has 2 atom stereocenters. The normalized spacial score (nSPS) is 18.7. The van der Waals surface area contributed by atoms with E-state index in [2.05, 4.69) is 5.32 Å². The number of hydrogen-bond donors (Lipinski definition) is 1. The number of nitrogens with one attached hydrogen (secondary N) is 1. The number of hydrogen-bond acceptors (Lipinski definition) is 6. The highest BCUT2D eigenvalue weighted by Gasteiger charge is 2.38. The predicted molar refractivity (Wildman–Crippen MR) is 82.1 cm³/mol. The molecule has 0 bridgehead atoms. The minimum absolute atomic E-state index is 0.133. The average Bonchev–Trinajstić information content (AvgIpc) is 2.91. The summed E-state index contributed by atoms with van der Waals surface area (Å²) in [5.74, 6) is -0.970. The number of esters is 1. The first-order valence-corrected chi connectivity index (χ1v) is 8.23. The first-order valence-electron chi connectivity index (χ1n) is 7.24. The number of amides is 2. The Bertz CT molecular complexity index is 455. The largest absolute Gasteiger partial charge is 0.464 e. The Kier molecular flexibility index (Phi) is 7.37. The summed E-state index contributed by atoms with van der Waals surface area (Å²) in [5, 5.41) is 2.42. The fraction of sp³-hybridized carbons (Fsp3) is 0.714. The molecule has 0 spiro atoms. The molecule has 22 heavy (non-hydrogen) atoms. The van der Waals surface area contributed by atoms with Crippen LogP contribution in [-0.4, -0.2) is 58.8 Å². The van der Waals surface area contributed by atoms with Crippen LogP contribution in [0.2, 0.25) is 0 Å². The predicted octanol–water partition coefficient (Wildman–Crippen LogP) is 0.325. The second-order valence-electron chi connectivity index (χ2n) is 5.00. The Labute approximate surface area is 134 Å². The van der Waals surface area contributed by atoms with Gasteiger partial charge in [-0.15, -0.1) is 0 Å². The van der Waals surface area contributed by atoms with E-state index in [9.17, 15) is 19.2 Å². The lowest BCUT2D eigenvalue weighted by molar-refractivity contribution is -0.153. The van der Waals surface area contributed by atoms with Crippen molar-refractivity contribution in [1.82, 2.24) is 10.2 Å². The first-order chi connectivity index (χ1) is 10.4. The second kappa shape index (κ2) is 8.77. The van der Waals surface area contributed by atoms with Crippen molar-refractivity contribution in [2.45, 2.75) is 45.7 Å². The van der Waals surface area contributed by atoms with Gasteiger partial charge in [0, 0.05) is 26.1 Å². The van der Waals surface area contributed by atoms with Crippen molar-refractivity contribution in [1.29, 1.82) is 0 Å². The zero-order valence-corrected chi connectivity index (χ0v) is 13.9. The van der Waals surface area contributed by atoms with Crippen LogP contribution in [0.1, 0.15) is 33.6 Å². The SMILES string of the molecule is CCOC(=O)C1CCCN1C(=O)[C@H](CSC(C)=O)NC(C)=O. The molecular weight excluding hydrogens is 308 g/mol. The van der Waals surface area contributed by atoms with Gasteiger partial charge in [0.1, 0.15) is 12.1 Å². The van der Waals surface area contributed by atoms with Gasteiger partial charge in [0.15, 0.2) is 5.12 Å². The molecule has 0 aromatic carbocycles. The van der Waals surface area contributed by atoms with E-state index in [0.717, 1.165) is 11.8 Å². The molecule has 1 unspecified atom stereocenters. The van der Waals surface area contributed by atoms with E-state index >= 15 is 0 Å². The topological polar surface area (TPSA) is 92.8 Å². The van der Waals surface area contributed by atoms with Crippen LogP contribution >= 0.6 is 11.8 Å². The van der Waals surface area contributed by atoms with Crippen molar-refractivity contribution < 1.29 is 23.9 Å². The maximum Gasteiger partial charge on any atom is 0.328 e. The number of carbonyl (C=O) groups excluding carboxylic acids is 4. The van der Waals surface area contributed by atoms with Crippen molar-refractivity contribution in [3.8, 4) is 0 Å². The molecule has 124 valence electrons. The molecule has 1 aliphatic heterocycles. The van der Waals surface area contributed by atoms with Gasteiger partial charge >= 0.3 is 5.97 Å². The summed E-state index contributed by atoms with van der Waals surface area (Å²) in [6.45, 7) is 5.13.